The molecule has 0 bridgehead atoms. The third kappa shape index (κ3) is 3.19. The predicted octanol–water partition coefficient (Wildman–Crippen LogP) is 4.42. The van der Waals surface area contributed by atoms with Crippen molar-refractivity contribution in [2.45, 2.75) is 52.0 Å². The van der Waals surface area contributed by atoms with Crippen LogP contribution in [0, 0.1) is 6.92 Å². The quantitative estimate of drug-likeness (QED) is 0.884. The molecule has 0 saturated heterocycles. The SMILES string of the molecule is CCCNC(c1nc2c(s1)CCCC2)c1ccccc1C. The van der Waals surface area contributed by atoms with Crippen molar-refractivity contribution < 1.29 is 0 Å². The van der Waals surface area contributed by atoms with Crippen LogP contribution in [-0.4, -0.2) is 11.5 Å². The summed E-state index contributed by atoms with van der Waals surface area (Å²) in [4.78, 5) is 6.50. The second kappa shape index (κ2) is 6.71. The molecular weight excluding hydrogens is 276 g/mol. The molecule has 1 aromatic carbocycles. The lowest BCUT2D eigenvalue weighted by molar-refractivity contribution is 0.590. The molecular formula is C18H24N2S. The van der Waals surface area contributed by atoms with Crippen LogP contribution < -0.4 is 5.32 Å². The van der Waals surface area contributed by atoms with Crippen LogP contribution in [0.3, 0.4) is 0 Å². The van der Waals surface area contributed by atoms with Crippen molar-refractivity contribution in [2.24, 2.45) is 0 Å². The van der Waals surface area contributed by atoms with Gasteiger partial charge < -0.3 is 5.32 Å². The molecule has 1 aliphatic carbocycles. The molecule has 1 unspecified atom stereocenters. The monoisotopic (exact) mass is 300 g/mol. The van der Waals surface area contributed by atoms with Gasteiger partial charge in [0.1, 0.15) is 5.01 Å². The molecule has 2 nitrogen and oxygen atoms in total. The van der Waals surface area contributed by atoms with Gasteiger partial charge in [-0.2, -0.15) is 0 Å². The van der Waals surface area contributed by atoms with E-state index >= 15 is 0 Å². The van der Waals surface area contributed by atoms with Crippen molar-refractivity contribution >= 4 is 11.3 Å². The molecule has 1 atom stereocenters. The standard InChI is InChI=1S/C18H24N2S/c1-3-12-19-17(14-9-5-4-8-13(14)2)18-20-15-10-6-7-11-16(15)21-18/h4-5,8-9,17,19H,3,6-7,10-12H2,1-2H3. The minimum atomic E-state index is 0.252. The summed E-state index contributed by atoms with van der Waals surface area (Å²) in [5.74, 6) is 0. The number of aryl methyl sites for hydroxylation is 3. The van der Waals surface area contributed by atoms with Crippen LogP contribution in [0.5, 0.6) is 0 Å². The molecule has 3 heteroatoms. The number of rotatable bonds is 5. The molecule has 3 rings (SSSR count). The lowest BCUT2D eigenvalue weighted by atomic mass is 10.0. The highest BCUT2D eigenvalue weighted by Gasteiger charge is 2.22. The molecule has 0 radical (unpaired) electrons. The Morgan fingerprint density at radius 2 is 2.05 bits per heavy atom. The van der Waals surface area contributed by atoms with Crippen LogP contribution in [0.15, 0.2) is 24.3 Å². The van der Waals surface area contributed by atoms with Gasteiger partial charge in [0, 0.05) is 4.88 Å². The number of thiazole rings is 1. The lowest BCUT2D eigenvalue weighted by Crippen LogP contribution is -2.23. The van der Waals surface area contributed by atoms with E-state index in [1.165, 1.54) is 52.4 Å². The number of fused-ring (bicyclic) bond motifs is 1. The molecule has 1 aromatic heterocycles. The maximum atomic E-state index is 4.98. The molecule has 1 N–H and O–H groups in total. The van der Waals surface area contributed by atoms with Gasteiger partial charge in [-0.3, -0.25) is 0 Å². The number of hydrogen-bond acceptors (Lipinski definition) is 3. The third-order valence-corrected chi connectivity index (χ3v) is 5.43. The molecule has 0 amide bonds. The molecule has 1 aliphatic rings. The van der Waals surface area contributed by atoms with E-state index in [-0.39, 0.29) is 6.04 Å². The van der Waals surface area contributed by atoms with Crippen LogP contribution in [0.4, 0.5) is 0 Å². The van der Waals surface area contributed by atoms with Crippen LogP contribution >= 0.6 is 11.3 Å². The van der Waals surface area contributed by atoms with Crippen molar-refractivity contribution in [3.63, 3.8) is 0 Å². The van der Waals surface area contributed by atoms with Gasteiger partial charge in [-0.15, -0.1) is 11.3 Å². The summed E-state index contributed by atoms with van der Waals surface area (Å²) in [6.45, 7) is 5.45. The first-order chi connectivity index (χ1) is 10.3. The van der Waals surface area contributed by atoms with Gasteiger partial charge in [-0.1, -0.05) is 31.2 Å². The van der Waals surface area contributed by atoms with Crippen LogP contribution in [0.25, 0.3) is 0 Å². The van der Waals surface area contributed by atoms with Crippen LogP contribution in [-0.2, 0) is 12.8 Å². The highest BCUT2D eigenvalue weighted by Crippen LogP contribution is 2.33. The van der Waals surface area contributed by atoms with E-state index in [0.717, 1.165) is 13.0 Å². The number of aromatic nitrogens is 1. The fourth-order valence-electron chi connectivity index (χ4n) is 3.03. The van der Waals surface area contributed by atoms with Gasteiger partial charge in [0.05, 0.1) is 11.7 Å². The van der Waals surface area contributed by atoms with Crippen molar-refractivity contribution in [2.75, 3.05) is 6.54 Å². The second-order valence-corrected chi connectivity index (χ2v) is 6.99. The van der Waals surface area contributed by atoms with E-state index in [9.17, 15) is 0 Å². The second-order valence-electron chi connectivity index (χ2n) is 5.87. The number of nitrogens with zero attached hydrogens (tertiary/aromatic N) is 1. The molecule has 0 spiro atoms. The highest BCUT2D eigenvalue weighted by molar-refractivity contribution is 7.11. The molecule has 2 aromatic rings. The maximum absolute atomic E-state index is 4.98. The Morgan fingerprint density at radius 3 is 2.81 bits per heavy atom. The van der Waals surface area contributed by atoms with Gasteiger partial charge in [0.15, 0.2) is 0 Å². The van der Waals surface area contributed by atoms with E-state index in [1.54, 1.807) is 0 Å². The largest absolute Gasteiger partial charge is 0.304 e. The summed E-state index contributed by atoms with van der Waals surface area (Å²) in [5, 5.41) is 4.95. The summed E-state index contributed by atoms with van der Waals surface area (Å²) in [6, 6.07) is 8.94. The first kappa shape index (κ1) is 14.7. The zero-order valence-corrected chi connectivity index (χ0v) is 13.8. The molecule has 0 fully saturated rings. The molecule has 21 heavy (non-hydrogen) atoms. The van der Waals surface area contributed by atoms with E-state index in [2.05, 4.69) is 43.4 Å². The van der Waals surface area contributed by atoms with Crippen LogP contribution in [0.1, 0.15) is 58.9 Å². The first-order valence-electron chi connectivity index (χ1n) is 8.07. The van der Waals surface area contributed by atoms with E-state index in [0.29, 0.717) is 0 Å². The minimum Gasteiger partial charge on any atom is -0.304 e. The summed E-state index contributed by atoms with van der Waals surface area (Å²) >= 11 is 1.92. The van der Waals surface area contributed by atoms with Crippen molar-refractivity contribution in [1.29, 1.82) is 0 Å². The minimum absolute atomic E-state index is 0.252. The maximum Gasteiger partial charge on any atom is 0.115 e. The summed E-state index contributed by atoms with van der Waals surface area (Å²) in [5.41, 5.74) is 4.08. The van der Waals surface area contributed by atoms with Crippen molar-refractivity contribution in [3.05, 3.63) is 51.0 Å². The van der Waals surface area contributed by atoms with Gasteiger partial charge in [0.2, 0.25) is 0 Å². The average molecular weight is 300 g/mol. The Labute approximate surface area is 131 Å². The third-order valence-electron chi connectivity index (χ3n) is 4.21. The Balaban J connectivity index is 1.95. The normalized spacial score (nSPS) is 15.7. The first-order valence-corrected chi connectivity index (χ1v) is 8.88. The van der Waals surface area contributed by atoms with Crippen molar-refractivity contribution in [1.82, 2.24) is 10.3 Å². The Hall–Kier alpha value is -1.19. The smallest absolute Gasteiger partial charge is 0.115 e. The number of nitrogens with one attached hydrogen (secondary N) is 1. The molecule has 1 heterocycles. The van der Waals surface area contributed by atoms with Gasteiger partial charge in [-0.05, 0) is 56.7 Å². The number of hydrogen-bond donors (Lipinski definition) is 1. The Morgan fingerprint density at radius 1 is 1.24 bits per heavy atom. The molecule has 112 valence electrons. The van der Waals surface area contributed by atoms with Crippen LogP contribution in [0.2, 0.25) is 0 Å². The Kier molecular flexibility index (Phi) is 4.71. The zero-order valence-electron chi connectivity index (χ0n) is 13.0. The average Bonchev–Trinajstić information content (AvgIpc) is 2.93. The Bertz CT molecular complexity index is 580. The van der Waals surface area contributed by atoms with Crippen molar-refractivity contribution in [3.8, 4) is 0 Å². The number of benzene rings is 1. The summed E-state index contributed by atoms with van der Waals surface area (Å²) < 4.78 is 0. The van der Waals surface area contributed by atoms with Gasteiger partial charge >= 0.3 is 0 Å². The molecule has 0 saturated carbocycles. The summed E-state index contributed by atoms with van der Waals surface area (Å²) in [6.07, 6.45) is 6.16. The predicted molar refractivity (Wildman–Crippen MR) is 90.1 cm³/mol. The highest BCUT2D eigenvalue weighted by atomic mass is 32.1. The zero-order chi connectivity index (χ0) is 14.7. The van der Waals surface area contributed by atoms with E-state index < -0.39 is 0 Å². The van der Waals surface area contributed by atoms with Gasteiger partial charge in [-0.25, -0.2) is 4.98 Å². The fraction of sp³-hybridized carbons (Fsp3) is 0.500. The summed E-state index contributed by atoms with van der Waals surface area (Å²) in [7, 11) is 0. The lowest BCUT2D eigenvalue weighted by Gasteiger charge is -2.18. The van der Waals surface area contributed by atoms with E-state index in [4.69, 9.17) is 4.98 Å². The fourth-order valence-corrected chi connectivity index (χ4v) is 4.27. The van der Waals surface area contributed by atoms with Gasteiger partial charge in [0.25, 0.3) is 0 Å². The topological polar surface area (TPSA) is 24.9 Å². The van der Waals surface area contributed by atoms with E-state index in [1.807, 2.05) is 11.3 Å². The molecule has 0 aliphatic heterocycles.